The summed E-state index contributed by atoms with van der Waals surface area (Å²) in [6.07, 6.45) is 1.04. The highest BCUT2D eigenvalue weighted by molar-refractivity contribution is 6.30. The SMILES string of the molecule is CCn1c2ccccc2c2nnc(NCCCN3CCN(c4cccc(Cl)c4)CC3)nc21. The van der Waals surface area contributed by atoms with Gasteiger partial charge in [0, 0.05) is 55.4 Å². The lowest BCUT2D eigenvalue weighted by Crippen LogP contribution is -2.46. The number of aryl methyl sites for hydroxylation is 1. The van der Waals surface area contributed by atoms with Crippen molar-refractivity contribution >= 4 is 45.3 Å². The van der Waals surface area contributed by atoms with Gasteiger partial charge < -0.3 is 14.8 Å². The highest BCUT2D eigenvalue weighted by atomic mass is 35.5. The highest BCUT2D eigenvalue weighted by Gasteiger charge is 2.17. The van der Waals surface area contributed by atoms with Crippen molar-refractivity contribution in [3.63, 3.8) is 0 Å². The first-order chi connectivity index (χ1) is 15.7. The van der Waals surface area contributed by atoms with Crippen molar-refractivity contribution in [2.75, 3.05) is 49.5 Å². The predicted octanol–water partition coefficient (Wildman–Crippen LogP) is 4.28. The van der Waals surface area contributed by atoms with Crippen molar-refractivity contribution < 1.29 is 0 Å². The van der Waals surface area contributed by atoms with E-state index < -0.39 is 0 Å². The van der Waals surface area contributed by atoms with E-state index in [2.05, 4.69) is 61.1 Å². The molecule has 5 rings (SSSR count). The van der Waals surface area contributed by atoms with Crippen LogP contribution in [0.15, 0.2) is 48.5 Å². The molecular formula is C24H28ClN7. The molecule has 1 aliphatic heterocycles. The number of hydrogen-bond donors (Lipinski definition) is 1. The Kier molecular flexibility index (Phi) is 6.10. The molecule has 2 aromatic heterocycles. The van der Waals surface area contributed by atoms with Gasteiger partial charge in [-0.25, -0.2) is 0 Å². The first-order valence-electron chi connectivity index (χ1n) is 11.3. The van der Waals surface area contributed by atoms with Crippen LogP contribution in [-0.4, -0.2) is 63.9 Å². The first-order valence-corrected chi connectivity index (χ1v) is 11.7. The van der Waals surface area contributed by atoms with Crippen LogP contribution < -0.4 is 10.2 Å². The van der Waals surface area contributed by atoms with E-state index in [9.17, 15) is 0 Å². The summed E-state index contributed by atoms with van der Waals surface area (Å²) >= 11 is 6.14. The third kappa shape index (κ3) is 4.23. The van der Waals surface area contributed by atoms with Crippen LogP contribution >= 0.6 is 11.6 Å². The number of aromatic nitrogens is 4. The topological polar surface area (TPSA) is 62.1 Å². The van der Waals surface area contributed by atoms with Crippen LogP contribution in [0, 0.1) is 0 Å². The maximum atomic E-state index is 6.14. The molecule has 8 heteroatoms. The molecule has 2 aromatic carbocycles. The molecule has 166 valence electrons. The quantitative estimate of drug-likeness (QED) is 0.425. The molecule has 1 saturated heterocycles. The lowest BCUT2D eigenvalue weighted by atomic mass is 10.2. The Hall–Kier alpha value is -2.90. The Balaban J connectivity index is 1.14. The van der Waals surface area contributed by atoms with E-state index in [1.54, 1.807) is 0 Å². The monoisotopic (exact) mass is 449 g/mol. The number of nitrogens with zero attached hydrogens (tertiary/aromatic N) is 6. The smallest absolute Gasteiger partial charge is 0.244 e. The van der Waals surface area contributed by atoms with Gasteiger partial charge in [-0.15, -0.1) is 10.2 Å². The van der Waals surface area contributed by atoms with E-state index in [0.29, 0.717) is 5.95 Å². The number of para-hydroxylation sites is 1. The van der Waals surface area contributed by atoms with Crippen LogP contribution in [0.25, 0.3) is 22.1 Å². The van der Waals surface area contributed by atoms with Crippen molar-refractivity contribution in [2.24, 2.45) is 0 Å². The fraction of sp³-hybridized carbons (Fsp3) is 0.375. The Morgan fingerprint density at radius 2 is 1.84 bits per heavy atom. The third-order valence-corrected chi connectivity index (χ3v) is 6.41. The third-order valence-electron chi connectivity index (χ3n) is 6.17. The normalized spacial score (nSPS) is 15.0. The summed E-state index contributed by atoms with van der Waals surface area (Å²) in [5, 5.41) is 14.1. The van der Waals surface area contributed by atoms with E-state index in [1.165, 1.54) is 5.69 Å². The van der Waals surface area contributed by atoms with Gasteiger partial charge in [0.1, 0.15) is 5.52 Å². The zero-order valence-electron chi connectivity index (χ0n) is 18.3. The average Bonchev–Trinajstić information content (AvgIpc) is 3.15. The van der Waals surface area contributed by atoms with Crippen molar-refractivity contribution in [2.45, 2.75) is 19.9 Å². The Morgan fingerprint density at radius 1 is 1.00 bits per heavy atom. The number of nitrogens with one attached hydrogen (secondary N) is 1. The molecule has 1 fully saturated rings. The molecule has 0 bridgehead atoms. The maximum Gasteiger partial charge on any atom is 0.244 e. The van der Waals surface area contributed by atoms with Gasteiger partial charge in [0.2, 0.25) is 5.95 Å². The summed E-state index contributed by atoms with van der Waals surface area (Å²) in [6, 6.07) is 16.4. The molecule has 4 aromatic rings. The van der Waals surface area contributed by atoms with E-state index in [4.69, 9.17) is 16.6 Å². The van der Waals surface area contributed by atoms with Gasteiger partial charge in [0.05, 0.1) is 5.52 Å². The van der Waals surface area contributed by atoms with Crippen LogP contribution in [0.2, 0.25) is 5.02 Å². The molecule has 0 saturated carbocycles. The van der Waals surface area contributed by atoms with Gasteiger partial charge in [0.25, 0.3) is 0 Å². The highest BCUT2D eigenvalue weighted by Crippen LogP contribution is 2.26. The number of rotatable bonds is 7. The summed E-state index contributed by atoms with van der Waals surface area (Å²) in [5.74, 6) is 0.598. The zero-order chi connectivity index (χ0) is 21.9. The second-order valence-corrected chi connectivity index (χ2v) is 8.59. The second kappa shape index (κ2) is 9.30. The van der Waals surface area contributed by atoms with E-state index in [0.717, 1.165) is 79.3 Å². The molecule has 3 heterocycles. The minimum Gasteiger partial charge on any atom is -0.369 e. The molecule has 0 aliphatic carbocycles. The van der Waals surface area contributed by atoms with Gasteiger partial charge in [-0.1, -0.05) is 35.9 Å². The molecule has 32 heavy (non-hydrogen) atoms. The largest absolute Gasteiger partial charge is 0.369 e. The van der Waals surface area contributed by atoms with Crippen molar-refractivity contribution in [3.8, 4) is 0 Å². The van der Waals surface area contributed by atoms with Gasteiger partial charge in [0.15, 0.2) is 5.65 Å². The molecule has 1 aliphatic rings. The number of piperazine rings is 1. The molecule has 7 nitrogen and oxygen atoms in total. The standard InChI is InChI=1S/C24H28ClN7/c1-2-32-21-10-4-3-9-20(21)22-23(32)27-24(29-28-22)26-11-6-12-30-13-15-31(16-14-30)19-8-5-7-18(25)17-19/h3-5,7-10,17H,2,6,11-16H2,1H3,(H,26,27,29). The number of fused-ring (bicyclic) bond motifs is 3. The zero-order valence-corrected chi connectivity index (χ0v) is 19.1. The number of benzene rings is 2. The Labute approximate surface area is 193 Å². The van der Waals surface area contributed by atoms with E-state index >= 15 is 0 Å². The minimum atomic E-state index is 0.598. The molecule has 0 amide bonds. The lowest BCUT2D eigenvalue weighted by molar-refractivity contribution is 0.257. The fourth-order valence-electron chi connectivity index (χ4n) is 4.50. The first kappa shape index (κ1) is 21.0. The van der Waals surface area contributed by atoms with Gasteiger partial charge in [-0.2, -0.15) is 4.98 Å². The summed E-state index contributed by atoms with van der Waals surface area (Å²) in [6.45, 7) is 9.05. The molecule has 0 atom stereocenters. The van der Waals surface area contributed by atoms with Gasteiger partial charge in [-0.05, 0) is 44.2 Å². The Morgan fingerprint density at radius 3 is 2.66 bits per heavy atom. The van der Waals surface area contributed by atoms with Crippen LogP contribution in [-0.2, 0) is 6.54 Å². The number of hydrogen-bond acceptors (Lipinski definition) is 6. The fourth-order valence-corrected chi connectivity index (χ4v) is 4.69. The van der Waals surface area contributed by atoms with Gasteiger partial charge in [-0.3, -0.25) is 4.90 Å². The second-order valence-electron chi connectivity index (χ2n) is 8.16. The van der Waals surface area contributed by atoms with Crippen molar-refractivity contribution in [3.05, 3.63) is 53.6 Å². The number of halogens is 1. The molecular weight excluding hydrogens is 422 g/mol. The molecule has 1 N–H and O–H groups in total. The lowest BCUT2D eigenvalue weighted by Gasteiger charge is -2.36. The minimum absolute atomic E-state index is 0.598. The summed E-state index contributed by atoms with van der Waals surface area (Å²) in [5.41, 5.74) is 4.12. The summed E-state index contributed by atoms with van der Waals surface area (Å²) in [4.78, 5) is 9.68. The maximum absolute atomic E-state index is 6.14. The van der Waals surface area contributed by atoms with Crippen LogP contribution in [0.5, 0.6) is 0 Å². The van der Waals surface area contributed by atoms with Crippen molar-refractivity contribution in [1.29, 1.82) is 0 Å². The summed E-state index contributed by atoms with van der Waals surface area (Å²) in [7, 11) is 0. The van der Waals surface area contributed by atoms with E-state index in [-0.39, 0.29) is 0 Å². The number of anilines is 2. The van der Waals surface area contributed by atoms with Crippen LogP contribution in [0.3, 0.4) is 0 Å². The average molecular weight is 450 g/mol. The Bertz CT molecular complexity index is 1210. The van der Waals surface area contributed by atoms with Gasteiger partial charge >= 0.3 is 0 Å². The van der Waals surface area contributed by atoms with E-state index in [1.807, 2.05) is 24.3 Å². The summed E-state index contributed by atoms with van der Waals surface area (Å²) < 4.78 is 2.20. The molecule has 0 unspecified atom stereocenters. The van der Waals surface area contributed by atoms with Crippen molar-refractivity contribution in [1.82, 2.24) is 24.6 Å². The van der Waals surface area contributed by atoms with Crippen LogP contribution in [0.1, 0.15) is 13.3 Å². The molecule has 0 spiro atoms. The van der Waals surface area contributed by atoms with Crippen LogP contribution in [0.4, 0.5) is 11.6 Å². The predicted molar refractivity (Wildman–Crippen MR) is 132 cm³/mol. The molecule has 0 radical (unpaired) electrons.